The minimum atomic E-state index is -2.58. The Hall–Kier alpha value is -1.08. The van der Waals surface area contributed by atoms with Gasteiger partial charge in [0.05, 0.1) is 0 Å². The summed E-state index contributed by atoms with van der Waals surface area (Å²) in [6.45, 7) is 6.23. The van der Waals surface area contributed by atoms with Gasteiger partial charge >= 0.3 is 147 Å². The summed E-state index contributed by atoms with van der Waals surface area (Å²) in [6.07, 6.45) is 9.61. The Balaban J connectivity index is 3.13. The third-order valence-corrected chi connectivity index (χ3v) is 10.4. The molecule has 0 saturated carbocycles. The number of para-hydroxylation sites is 1. The molecular formula is C20H35O3P. The molecule has 0 bridgehead atoms. The van der Waals surface area contributed by atoms with Crippen molar-refractivity contribution in [3.63, 3.8) is 0 Å². The molecule has 0 aromatic heterocycles. The molecular weight excluding hydrogens is 319 g/mol. The van der Waals surface area contributed by atoms with E-state index in [9.17, 15) is 9.90 Å². The molecule has 1 N–H and O–H groups in total. The first-order valence-corrected chi connectivity index (χ1v) is 12.6. The summed E-state index contributed by atoms with van der Waals surface area (Å²) in [6, 6.07) is 6.69. The zero-order valence-electron chi connectivity index (χ0n) is 15.9. The van der Waals surface area contributed by atoms with Crippen LogP contribution >= 0.6 is 6.83 Å². The molecule has 138 valence electrons. The molecule has 4 heteroatoms. The summed E-state index contributed by atoms with van der Waals surface area (Å²) >= 11 is 0. The van der Waals surface area contributed by atoms with E-state index in [0.29, 0.717) is 0 Å². The minimum absolute atomic E-state index is 0.00837. The third kappa shape index (κ3) is 5.77. The van der Waals surface area contributed by atoms with Gasteiger partial charge in [-0.2, -0.15) is 0 Å². The van der Waals surface area contributed by atoms with E-state index >= 15 is 0 Å². The number of hydrogen-bond acceptors (Lipinski definition) is 3. The van der Waals surface area contributed by atoms with Gasteiger partial charge in [-0.3, -0.25) is 0 Å². The van der Waals surface area contributed by atoms with Crippen LogP contribution in [0, 0.1) is 0 Å². The predicted molar refractivity (Wildman–Crippen MR) is 106 cm³/mol. The summed E-state index contributed by atoms with van der Waals surface area (Å²) < 4.78 is 6.33. The number of phenols is 1. The Morgan fingerprint density at radius 3 is 1.83 bits per heavy atom. The molecule has 0 aliphatic heterocycles. The Kier molecular flexibility index (Phi) is 8.22. The molecule has 0 saturated heterocycles. The monoisotopic (exact) mass is 354 g/mol. The SMILES string of the molecule is CCCCP(C)(CCCC)(CCCC)OC(=O)c1ccccc1O. The molecule has 0 aliphatic rings. The van der Waals surface area contributed by atoms with Gasteiger partial charge in [0.15, 0.2) is 0 Å². The molecule has 1 aromatic rings. The van der Waals surface area contributed by atoms with Gasteiger partial charge in [0, 0.05) is 0 Å². The van der Waals surface area contributed by atoms with E-state index in [1.54, 1.807) is 24.3 Å². The zero-order chi connectivity index (χ0) is 18.1. The van der Waals surface area contributed by atoms with Crippen molar-refractivity contribution >= 4 is 12.8 Å². The average Bonchev–Trinajstić information content (AvgIpc) is 2.57. The molecule has 0 fully saturated rings. The van der Waals surface area contributed by atoms with E-state index in [0.717, 1.165) is 57.0 Å². The van der Waals surface area contributed by atoms with Gasteiger partial charge in [-0.05, 0) is 0 Å². The van der Waals surface area contributed by atoms with E-state index < -0.39 is 6.83 Å². The molecule has 0 spiro atoms. The van der Waals surface area contributed by atoms with Crippen LogP contribution in [-0.4, -0.2) is 36.2 Å². The van der Waals surface area contributed by atoms with Crippen molar-refractivity contribution < 1.29 is 14.4 Å². The summed E-state index contributed by atoms with van der Waals surface area (Å²) in [5.74, 6) is -0.342. The molecule has 0 unspecified atom stereocenters. The Labute approximate surface area is 147 Å². The second kappa shape index (κ2) is 9.42. The van der Waals surface area contributed by atoms with Gasteiger partial charge < -0.3 is 0 Å². The van der Waals surface area contributed by atoms with Crippen LogP contribution in [0.4, 0.5) is 0 Å². The number of aromatic hydroxyl groups is 1. The first-order valence-electron chi connectivity index (χ1n) is 9.41. The first kappa shape index (κ1) is 21.0. The van der Waals surface area contributed by atoms with Gasteiger partial charge in [-0.25, -0.2) is 0 Å². The second-order valence-corrected chi connectivity index (χ2v) is 13.2. The number of carbonyl (C=O) groups is 1. The third-order valence-electron chi connectivity index (χ3n) is 4.92. The quantitative estimate of drug-likeness (QED) is 0.492. The van der Waals surface area contributed by atoms with E-state index in [1.807, 2.05) is 0 Å². The van der Waals surface area contributed by atoms with Crippen molar-refractivity contribution in [1.82, 2.24) is 0 Å². The molecule has 0 heterocycles. The molecule has 3 nitrogen and oxygen atoms in total. The summed E-state index contributed by atoms with van der Waals surface area (Å²) in [5.41, 5.74) is 0.290. The fourth-order valence-corrected chi connectivity index (χ4v) is 8.43. The van der Waals surface area contributed by atoms with Gasteiger partial charge in [0.1, 0.15) is 0 Å². The number of unbranched alkanes of at least 4 members (excludes halogenated alkanes) is 3. The van der Waals surface area contributed by atoms with Crippen LogP contribution in [-0.2, 0) is 4.52 Å². The summed E-state index contributed by atoms with van der Waals surface area (Å²) in [5, 5.41) is 10.0. The topological polar surface area (TPSA) is 46.5 Å². The van der Waals surface area contributed by atoms with Crippen molar-refractivity contribution in [3.8, 4) is 5.75 Å². The van der Waals surface area contributed by atoms with Crippen molar-refractivity contribution in [2.45, 2.75) is 59.3 Å². The number of phenolic OH excluding ortho intramolecular Hbond substituents is 1. The van der Waals surface area contributed by atoms with Crippen molar-refractivity contribution in [1.29, 1.82) is 0 Å². The fraction of sp³-hybridized carbons (Fsp3) is 0.650. The molecule has 24 heavy (non-hydrogen) atoms. The number of carbonyl (C=O) groups excluding carboxylic acids is 1. The molecule has 0 amide bonds. The molecule has 1 rings (SSSR count). The van der Waals surface area contributed by atoms with Crippen LogP contribution < -0.4 is 0 Å². The Morgan fingerprint density at radius 2 is 1.42 bits per heavy atom. The maximum absolute atomic E-state index is 12.8. The summed E-state index contributed by atoms with van der Waals surface area (Å²) in [7, 11) is 0. The molecule has 0 atom stereocenters. The van der Waals surface area contributed by atoms with Crippen LogP contribution in [0.2, 0.25) is 0 Å². The Morgan fingerprint density at radius 1 is 0.958 bits per heavy atom. The number of hydrogen-bond donors (Lipinski definition) is 1. The number of rotatable bonds is 11. The van der Waals surface area contributed by atoms with Crippen LogP contribution in [0.3, 0.4) is 0 Å². The van der Waals surface area contributed by atoms with Gasteiger partial charge in [-0.1, -0.05) is 0 Å². The molecule has 1 aromatic carbocycles. The number of benzene rings is 1. The van der Waals surface area contributed by atoms with Gasteiger partial charge in [0.2, 0.25) is 0 Å². The second-order valence-electron chi connectivity index (χ2n) is 7.32. The van der Waals surface area contributed by atoms with E-state index in [-0.39, 0.29) is 17.3 Å². The Bertz CT molecular complexity index is 503. The normalized spacial score (nSPS) is 13.2. The zero-order valence-corrected chi connectivity index (χ0v) is 16.8. The van der Waals surface area contributed by atoms with Gasteiger partial charge in [-0.15, -0.1) is 0 Å². The van der Waals surface area contributed by atoms with Crippen LogP contribution in [0.1, 0.15) is 69.7 Å². The van der Waals surface area contributed by atoms with Crippen molar-refractivity contribution in [3.05, 3.63) is 29.8 Å². The maximum atomic E-state index is 12.8. The predicted octanol–water partition coefficient (Wildman–Crippen LogP) is 6.05. The standard InChI is InChI=1S/C20H35O3P/c1-5-8-15-24(4,16-9-6-2,17-10-7-3)23-20(22)18-13-11-12-14-19(18)21/h11-14,21H,5-10,15-17H2,1-4H3. The van der Waals surface area contributed by atoms with E-state index in [2.05, 4.69) is 27.4 Å². The van der Waals surface area contributed by atoms with Crippen LogP contribution in [0.15, 0.2) is 24.3 Å². The molecule has 0 aliphatic carbocycles. The van der Waals surface area contributed by atoms with E-state index in [4.69, 9.17) is 4.52 Å². The first-order chi connectivity index (χ1) is 11.4. The fourth-order valence-electron chi connectivity index (χ4n) is 3.24. The molecule has 0 radical (unpaired) electrons. The van der Waals surface area contributed by atoms with Gasteiger partial charge in [0.25, 0.3) is 0 Å². The van der Waals surface area contributed by atoms with Crippen LogP contribution in [0.25, 0.3) is 0 Å². The van der Waals surface area contributed by atoms with Crippen molar-refractivity contribution in [2.24, 2.45) is 0 Å². The average molecular weight is 354 g/mol. The van der Waals surface area contributed by atoms with Crippen molar-refractivity contribution in [2.75, 3.05) is 25.2 Å². The summed E-state index contributed by atoms with van der Waals surface area (Å²) in [4.78, 5) is 12.8. The van der Waals surface area contributed by atoms with E-state index in [1.165, 1.54) is 0 Å². The van der Waals surface area contributed by atoms with Crippen LogP contribution in [0.5, 0.6) is 5.75 Å².